The molecule has 0 atom stereocenters. The van der Waals surface area contributed by atoms with Crippen molar-refractivity contribution in [2.75, 3.05) is 0 Å². The van der Waals surface area contributed by atoms with Crippen LogP contribution < -0.4 is 0 Å². The highest BCUT2D eigenvalue weighted by Gasteiger charge is 2.39. The highest BCUT2D eigenvalue weighted by molar-refractivity contribution is 5.75. The SMILES string of the molecule is C=C/C=C(\C=C/C)n1c(-c2cc(C(F)(F)F)cc(C(F)(F)F)c2)nnc1-c1cc(C(F)(F)F)cc(C(F)(F)F)c1.CC. The Kier molecular flexibility index (Phi) is 10.1. The lowest BCUT2D eigenvalue weighted by atomic mass is 10.0. The Morgan fingerprint density at radius 2 is 0.929 bits per heavy atom. The number of halogens is 12. The van der Waals surface area contributed by atoms with Gasteiger partial charge in [0, 0.05) is 16.8 Å². The molecule has 0 aliphatic carbocycles. The van der Waals surface area contributed by atoms with Gasteiger partial charge in [-0.15, -0.1) is 10.2 Å². The number of hydrogen-bond donors (Lipinski definition) is 0. The summed E-state index contributed by atoms with van der Waals surface area (Å²) in [6, 6.07) is 0.893. The summed E-state index contributed by atoms with van der Waals surface area (Å²) in [6.07, 6.45) is -16.2. The molecule has 0 fully saturated rings. The minimum atomic E-state index is -5.25. The predicted molar refractivity (Wildman–Crippen MR) is 132 cm³/mol. The number of nitrogens with zero attached hydrogens (tertiary/aromatic N) is 3. The molecule has 3 rings (SSSR count). The van der Waals surface area contributed by atoms with Crippen LogP contribution in [-0.4, -0.2) is 14.8 Å². The maximum absolute atomic E-state index is 13.5. The van der Waals surface area contributed by atoms with E-state index in [0.717, 1.165) is 16.7 Å². The van der Waals surface area contributed by atoms with E-state index in [4.69, 9.17) is 0 Å². The van der Waals surface area contributed by atoms with Gasteiger partial charge in [-0.05, 0) is 55.5 Å². The summed E-state index contributed by atoms with van der Waals surface area (Å²) < 4.78 is 162. The highest BCUT2D eigenvalue weighted by atomic mass is 19.4. The van der Waals surface area contributed by atoms with Crippen molar-refractivity contribution in [2.24, 2.45) is 0 Å². The number of rotatable bonds is 5. The van der Waals surface area contributed by atoms with Crippen molar-refractivity contribution in [3.63, 3.8) is 0 Å². The molecule has 1 heterocycles. The summed E-state index contributed by atoms with van der Waals surface area (Å²) >= 11 is 0. The van der Waals surface area contributed by atoms with Crippen molar-refractivity contribution in [1.82, 2.24) is 14.8 Å². The second-order valence-corrected chi connectivity index (χ2v) is 8.10. The lowest BCUT2D eigenvalue weighted by Gasteiger charge is -2.17. The lowest BCUT2D eigenvalue weighted by molar-refractivity contribution is -0.144. The Hall–Kier alpha value is -4.04. The van der Waals surface area contributed by atoms with Crippen LogP contribution in [0.15, 0.2) is 67.3 Å². The summed E-state index contributed by atoms with van der Waals surface area (Å²) in [5, 5.41) is 7.17. The van der Waals surface area contributed by atoms with Gasteiger partial charge in [-0.25, -0.2) is 0 Å². The van der Waals surface area contributed by atoms with Crippen molar-refractivity contribution in [2.45, 2.75) is 45.5 Å². The monoisotopic (exact) mass is 615 g/mol. The van der Waals surface area contributed by atoms with E-state index in [1.807, 2.05) is 13.8 Å². The lowest BCUT2D eigenvalue weighted by Crippen LogP contribution is -2.12. The fraction of sp³-hybridized carbons (Fsp3) is 0.259. The van der Waals surface area contributed by atoms with Crippen molar-refractivity contribution in [3.05, 3.63) is 89.5 Å². The first-order chi connectivity index (χ1) is 19.3. The Morgan fingerprint density at radius 3 is 1.17 bits per heavy atom. The molecule has 0 saturated carbocycles. The molecular formula is C27H21F12N3. The van der Waals surface area contributed by atoms with E-state index < -0.39 is 69.7 Å². The van der Waals surface area contributed by atoms with Crippen LogP contribution in [0.5, 0.6) is 0 Å². The molecule has 0 bridgehead atoms. The summed E-state index contributed by atoms with van der Waals surface area (Å²) in [4.78, 5) is 0. The van der Waals surface area contributed by atoms with E-state index in [1.165, 1.54) is 19.1 Å². The number of alkyl halides is 12. The third kappa shape index (κ3) is 7.82. The standard InChI is InChI=1S/C25H15F12N3.C2H6/c1-3-5-19(6-4-2)40-20(13-7-15(22(26,27)28)11-16(8-13)23(29,30)31)38-39-21(40)14-9-17(24(32,33)34)12-18(10-14)25(35,36)37;1-2/h3-12H,1H2,2H3;1-2H3/b6-4-,19-5+;. The zero-order chi connectivity index (χ0) is 32.3. The first-order valence-electron chi connectivity index (χ1n) is 11.8. The average molecular weight is 615 g/mol. The fourth-order valence-electron chi connectivity index (χ4n) is 3.57. The first-order valence-corrected chi connectivity index (χ1v) is 11.8. The highest BCUT2D eigenvalue weighted by Crippen LogP contribution is 2.42. The Bertz CT molecular complexity index is 1310. The van der Waals surface area contributed by atoms with Crippen LogP contribution in [0.2, 0.25) is 0 Å². The van der Waals surface area contributed by atoms with E-state index in [-0.39, 0.29) is 17.8 Å². The molecule has 0 aliphatic rings. The van der Waals surface area contributed by atoms with Gasteiger partial charge in [-0.3, -0.25) is 4.57 Å². The molecule has 0 aliphatic heterocycles. The number of hydrogen-bond acceptors (Lipinski definition) is 2. The molecule has 0 N–H and O–H groups in total. The molecule has 0 amide bonds. The normalized spacial score (nSPS) is 13.3. The van der Waals surface area contributed by atoms with Gasteiger partial charge in [-0.2, -0.15) is 52.7 Å². The molecule has 15 heteroatoms. The molecule has 42 heavy (non-hydrogen) atoms. The zero-order valence-electron chi connectivity index (χ0n) is 21.9. The van der Waals surface area contributed by atoms with Crippen molar-refractivity contribution in [1.29, 1.82) is 0 Å². The minimum absolute atomic E-state index is 0.149. The third-order valence-electron chi connectivity index (χ3n) is 5.24. The van der Waals surface area contributed by atoms with Gasteiger partial charge in [0.15, 0.2) is 11.6 Å². The van der Waals surface area contributed by atoms with Crippen LogP contribution in [0.4, 0.5) is 52.7 Å². The van der Waals surface area contributed by atoms with Gasteiger partial charge >= 0.3 is 24.7 Å². The molecule has 228 valence electrons. The van der Waals surface area contributed by atoms with Gasteiger partial charge in [0.1, 0.15) is 0 Å². The zero-order valence-corrected chi connectivity index (χ0v) is 21.9. The largest absolute Gasteiger partial charge is 0.416 e. The maximum Gasteiger partial charge on any atom is 0.416 e. The van der Waals surface area contributed by atoms with E-state index in [0.29, 0.717) is 24.3 Å². The molecule has 0 radical (unpaired) electrons. The van der Waals surface area contributed by atoms with Gasteiger partial charge in [0.2, 0.25) is 0 Å². The number of benzene rings is 2. The summed E-state index contributed by atoms with van der Waals surface area (Å²) in [7, 11) is 0. The van der Waals surface area contributed by atoms with Gasteiger partial charge < -0.3 is 0 Å². The van der Waals surface area contributed by atoms with E-state index in [9.17, 15) is 52.7 Å². The van der Waals surface area contributed by atoms with E-state index in [1.54, 1.807) is 0 Å². The maximum atomic E-state index is 13.5. The molecule has 0 unspecified atom stereocenters. The molecule has 2 aromatic carbocycles. The van der Waals surface area contributed by atoms with Gasteiger partial charge in [0.25, 0.3) is 0 Å². The first kappa shape index (κ1) is 34.2. The molecular weight excluding hydrogens is 594 g/mol. The minimum Gasteiger partial charge on any atom is -0.275 e. The third-order valence-corrected chi connectivity index (χ3v) is 5.24. The smallest absolute Gasteiger partial charge is 0.275 e. The average Bonchev–Trinajstić information content (AvgIpc) is 3.32. The van der Waals surface area contributed by atoms with Crippen LogP contribution in [0, 0.1) is 0 Å². The molecule has 0 saturated heterocycles. The quantitative estimate of drug-likeness (QED) is 0.211. The van der Waals surface area contributed by atoms with Crippen molar-refractivity contribution >= 4 is 5.70 Å². The van der Waals surface area contributed by atoms with Crippen molar-refractivity contribution < 1.29 is 52.7 Å². The Morgan fingerprint density at radius 1 is 0.619 bits per heavy atom. The Labute approximate surface area is 231 Å². The predicted octanol–water partition coefficient (Wildman–Crippen LogP) is 10.3. The number of allylic oxidation sites excluding steroid dienone is 5. The second-order valence-electron chi connectivity index (χ2n) is 8.10. The van der Waals surface area contributed by atoms with E-state index >= 15 is 0 Å². The summed E-state index contributed by atoms with van der Waals surface area (Å²) in [5.74, 6) is -1.47. The van der Waals surface area contributed by atoms with Crippen molar-refractivity contribution in [3.8, 4) is 22.8 Å². The van der Waals surface area contributed by atoms with Crippen LogP contribution in [0.25, 0.3) is 28.5 Å². The van der Waals surface area contributed by atoms with Crippen LogP contribution in [-0.2, 0) is 24.7 Å². The second kappa shape index (κ2) is 12.4. The van der Waals surface area contributed by atoms with Crippen LogP contribution in [0.1, 0.15) is 43.0 Å². The fourth-order valence-corrected chi connectivity index (χ4v) is 3.57. The van der Waals surface area contributed by atoms with Gasteiger partial charge in [0.05, 0.1) is 22.3 Å². The summed E-state index contributed by atoms with van der Waals surface area (Å²) in [5.41, 5.74) is -8.70. The van der Waals surface area contributed by atoms with E-state index in [2.05, 4.69) is 16.8 Å². The molecule has 0 spiro atoms. The van der Waals surface area contributed by atoms with Crippen LogP contribution in [0.3, 0.4) is 0 Å². The van der Waals surface area contributed by atoms with Crippen LogP contribution >= 0.6 is 0 Å². The summed E-state index contributed by atoms with van der Waals surface area (Å²) in [6.45, 7) is 8.87. The molecule has 3 aromatic rings. The molecule has 1 aromatic heterocycles. The number of aromatic nitrogens is 3. The van der Waals surface area contributed by atoms with Gasteiger partial charge in [-0.1, -0.05) is 32.6 Å². The topological polar surface area (TPSA) is 30.7 Å². The Balaban J connectivity index is 0.00000301. The molecule has 3 nitrogen and oxygen atoms in total.